The van der Waals surface area contributed by atoms with Gasteiger partial charge in [0.15, 0.2) is 5.82 Å². The minimum atomic E-state index is -1.66. The van der Waals surface area contributed by atoms with Crippen molar-refractivity contribution >= 4 is 18.4 Å². The van der Waals surface area contributed by atoms with Crippen molar-refractivity contribution < 1.29 is 0 Å². The number of fused-ring (bicyclic) bond motifs is 3. The molecule has 0 fully saturated rings. The fourth-order valence-corrected chi connectivity index (χ4v) is 7.51. The number of hydrogen-bond acceptors (Lipinski definition) is 3. The molecular weight excluding hydrogens is 370 g/mol. The van der Waals surface area contributed by atoms with Crippen LogP contribution in [0.1, 0.15) is 17.2 Å². The van der Waals surface area contributed by atoms with Gasteiger partial charge in [-0.3, -0.25) is 0 Å². The molecule has 0 amide bonds. The molecule has 3 aromatic carbocycles. The van der Waals surface area contributed by atoms with Gasteiger partial charge in [0.05, 0.1) is 0 Å². The lowest BCUT2D eigenvalue weighted by Gasteiger charge is -2.19. The van der Waals surface area contributed by atoms with Crippen molar-refractivity contribution in [2.45, 2.75) is 26.4 Å². The number of aryl methyl sites for hydroxylation is 1. The van der Waals surface area contributed by atoms with Gasteiger partial charge in [0.1, 0.15) is 19.7 Å². The van der Waals surface area contributed by atoms with E-state index < -0.39 is 8.07 Å². The van der Waals surface area contributed by atoms with Crippen LogP contribution in [-0.4, -0.2) is 23.0 Å². The van der Waals surface area contributed by atoms with Crippen LogP contribution in [0.25, 0.3) is 22.5 Å². The maximum absolute atomic E-state index is 4.76. The molecule has 1 aromatic heterocycles. The average molecular weight is 394 g/mol. The third kappa shape index (κ3) is 3.10. The van der Waals surface area contributed by atoms with Crippen LogP contribution in [0.2, 0.25) is 13.1 Å². The molecule has 4 aromatic rings. The molecule has 0 radical (unpaired) electrons. The Bertz CT molecular complexity index is 1220. The zero-order valence-electron chi connectivity index (χ0n) is 17.0. The van der Waals surface area contributed by atoms with Gasteiger partial charge in [-0.05, 0) is 34.0 Å². The van der Waals surface area contributed by atoms with Crippen LogP contribution >= 0.6 is 0 Å². The molecule has 1 aliphatic heterocycles. The van der Waals surface area contributed by atoms with E-state index in [9.17, 15) is 0 Å². The molecule has 0 saturated carbocycles. The Balaban J connectivity index is 1.52. The predicted molar refractivity (Wildman–Crippen MR) is 121 cm³/mol. The maximum Gasteiger partial charge on any atom is 0.163 e. The van der Waals surface area contributed by atoms with E-state index in [4.69, 9.17) is 4.98 Å². The largest absolute Gasteiger partial charge is 0.218 e. The van der Waals surface area contributed by atoms with Crippen molar-refractivity contribution in [2.75, 3.05) is 0 Å². The lowest BCUT2D eigenvalue weighted by molar-refractivity contribution is 0.887. The van der Waals surface area contributed by atoms with Gasteiger partial charge in [-0.2, -0.15) is 0 Å². The molecule has 3 nitrogen and oxygen atoms in total. The van der Waals surface area contributed by atoms with Crippen molar-refractivity contribution in [2.24, 2.45) is 0 Å². The minimum absolute atomic E-state index is 0.720. The Morgan fingerprint density at radius 1 is 0.724 bits per heavy atom. The van der Waals surface area contributed by atoms with E-state index in [1.165, 1.54) is 27.1 Å². The highest BCUT2D eigenvalue weighted by molar-refractivity contribution is 7.03. The van der Waals surface area contributed by atoms with E-state index in [2.05, 4.69) is 65.5 Å². The first kappa shape index (κ1) is 17.9. The lowest BCUT2D eigenvalue weighted by atomic mass is 10.0. The second-order valence-corrected chi connectivity index (χ2v) is 12.5. The third-order valence-electron chi connectivity index (χ3n) is 5.84. The average Bonchev–Trinajstić information content (AvgIpc) is 2.96. The van der Waals surface area contributed by atoms with Crippen LogP contribution in [0.3, 0.4) is 0 Å². The van der Waals surface area contributed by atoms with Crippen molar-refractivity contribution in [3.8, 4) is 22.5 Å². The van der Waals surface area contributed by atoms with Gasteiger partial charge in [-0.25, -0.2) is 15.0 Å². The molecule has 0 spiro atoms. The van der Waals surface area contributed by atoms with E-state index in [1.807, 2.05) is 37.3 Å². The normalized spacial score (nSPS) is 13.8. The first-order valence-electron chi connectivity index (χ1n) is 10.0. The maximum atomic E-state index is 4.76. The van der Waals surface area contributed by atoms with Crippen LogP contribution in [0.4, 0.5) is 0 Å². The van der Waals surface area contributed by atoms with E-state index in [0.717, 1.165) is 29.5 Å². The molecule has 0 unspecified atom stereocenters. The molecule has 0 aliphatic carbocycles. The van der Waals surface area contributed by atoms with Gasteiger partial charge in [-0.1, -0.05) is 85.9 Å². The van der Waals surface area contributed by atoms with Crippen LogP contribution in [0.5, 0.6) is 0 Å². The van der Waals surface area contributed by atoms with Crippen LogP contribution in [-0.2, 0) is 6.42 Å². The fraction of sp³-hybridized carbons (Fsp3) is 0.160. The van der Waals surface area contributed by atoms with Gasteiger partial charge in [0, 0.05) is 12.0 Å². The number of nitrogens with zero attached hydrogens (tertiary/aromatic N) is 3. The highest BCUT2D eigenvalue weighted by Crippen LogP contribution is 2.28. The standard InChI is InChI=1S/C25H23N3Si/c1-17-26-24(28-25(27-17)19-9-5-4-6-10-19)16-18-13-14-21-20-11-7-8-12-22(20)29(2,3)23(21)15-18/h4-15H,16H2,1-3H3. The summed E-state index contributed by atoms with van der Waals surface area (Å²) in [4.78, 5) is 13.9. The number of aromatic nitrogens is 3. The molecule has 4 heteroatoms. The summed E-state index contributed by atoms with van der Waals surface area (Å²) < 4.78 is 0. The minimum Gasteiger partial charge on any atom is -0.218 e. The summed E-state index contributed by atoms with van der Waals surface area (Å²) in [6.45, 7) is 6.83. The van der Waals surface area contributed by atoms with Crippen molar-refractivity contribution in [3.05, 3.63) is 90.0 Å². The van der Waals surface area contributed by atoms with Gasteiger partial charge in [0.25, 0.3) is 0 Å². The van der Waals surface area contributed by atoms with Gasteiger partial charge < -0.3 is 0 Å². The summed E-state index contributed by atoms with van der Waals surface area (Å²) in [6.07, 6.45) is 0.720. The summed E-state index contributed by atoms with van der Waals surface area (Å²) in [5, 5.41) is 3.06. The molecule has 29 heavy (non-hydrogen) atoms. The fourth-order valence-electron chi connectivity index (χ4n) is 4.38. The van der Waals surface area contributed by atoms with Gasteiger partial charge in [-0.15, -0.1) is 0 Å². The smallest absolute Gasteiger partial charge is 0.163 e. The summed E-state index contributed by atoms with van der Waals surface area (Å²) in [6, 6.07) is 25.9. The monoisotopic (exact) mass is 393 g/mol. The highest BCUT2D eigenvalue weighted by Gasteiger charge is 2.37. The van der Waals surface area contributed by atoms with E-state index in [0.29, 0.717) is 0 Å². The predicted octanol–water partition coefficient (Wildman–Crippen LogP) is 4.24. The molecule has 0 saturated heterocycles. The topological polar surface area (TPSA) is 38.7 Å². The van der Waals surface area contributed by atoms with E-state index >= 15 is 0 Å². The Hall–Kier alpha value is -3.11. The molecule has 142 valence electrons. The van der Waals surface area contributed by atoms with E-state index in [-0.39, 0.29) is 0 Å². The summed E-state index contributed by atoms with van der Waals surface area (Å²) in [7, 11) is -1.66. The zero-order valence-corrected chi connectivity index (χ0v) is 18.0. The van der Waals surface area contributed by atoms with Gasteiger partial charge >= 0.3 is 0 Å². The SMILES string of the molecule is Cc1nc(Cc2ccc3c(c2)[Si](C)(C)c2ccccc2-3)nc(-c2ccccc2)n1. The lowest BCUT2D eigenvalue weighted by Crippen LogP contribution is -2.49. The highest BCUT2D eigenvalue weighted by atomic mass is 28.3. The van der Waals surface area contributed by atoms with Crippen molar-refractivity contribution in [1.29, 1.82) is 0 Å². The summed E-state index contributed by atoms with van der Waals surface area (Å²) >= 11 is 0. The second-order valence-electron chi connectivity index (χ2n) is 8.22. The third-order valence-corrected chi connectivity index (χ3v) is 9.38. The number of rotatable bonds is 3. The summed E-state index contributed by atoms with van der Waals surface area (Å²) in [5.41, 5.74) is 5.10. The van der Waals surface area contributed by atoms with Crippen molar-refractivity contribution in [1.82, 2.24) is 15.0 Å². The van der Waals surface area contributed by atoms with Crippen molar-refractivity contribution in [3.63, 3.8) is 0 Å². The Morgan fingerprint density at radius 3 is 2.28 bits per heavy atom. The molecule has 5 rings (SSSR count). The second kappa shape index (κ2) is 6.74. The molecule has 0 bridgehead atoms. The van der Waals surface area contributed by atoms with Gasteiger partial charge in [0.2, 0.25) is 0 Å². The Kier molecular flexibility index (Phi) is 4.17. The van der Waals surface area contributed by atoms with E-state index in [1.54, 1.807) is 0 Å². The zero-order chi connectivity index (χ0) is 20.0. The van der Waals surface area contributed by atoms with Crippen LogP contribution in [0, 0.1) is 6.92 Å². The Labute approximate surface area is 172 Å². The molecule has 0 atom stereocenters. The number of hydrogen-bond donors (Lipinski definition) is 0. The van der Waals surface area contributed by atoms with Crippen LogP contribution < -0.4 is 10.4 Å². The van der Waals surface area contributed by atoms with Crippen LogP contribution in [0.15, 0.2) is 72.8 Å². The number of benzene rings is 3. The first-order valence-corrected chi connectivity index (χ1v) is 13.0. The molecule has 0 N–H and O–H groups in total. The summed E-state index contributed by atoms with van der Waals surface area (Å²) in [5.74, 6) is 2.33. The molecule has 2 heterocycles. The molecule has 1 aliphatic rings. The molecular formula is C25H23N3Si. The quantitative estimate of drug-likeness (QED) is 0.489. The first-order chi connectivity index (χ1) is 14.0. The Morgan fingerprint density at radius 2 is 1.45 bits per heavy atom.